The average molecular weight is 169 g/mol. The predicted molar refractivity (Wildman–Crippen MR) is 45.7 cm³/mol. The van der Waals surface area contributed by atoms with Crippen molar-refractivity contribution in [1.29, 1.82) is 0 Å². The van der Waals surface area contributed by atoms with E-state index in [1.54, 1.807) is 4.90 Å². The molecule has 68 valence electrons. The molecule has 3 nitrogen and oxygen atoms in total. The molecule has 0 unspecified atom stereocenters. The Labute approximate surface area is 72.7 Å². The van der Waals surface area contributed by atoms with Crippen LogP contribution in [0.15, 0.2) is 0 Å². The van der Waals surface area contributed by atoms with E-state index in [1.165, 1.54) is 0 Å². The Morgan fingerprint density at radius 3 is 2.25 bits per heavy atom. The molecule has 1 aliphatic rings. The molecule has 1 heterocycles. The summed E-state index contributed by atoms with van der Waals surface area (Å²) in [5.41, 5.74) is 0.0836. The third kappa shape index (κ3) is 2.32. The van der Waals surface area contributed by atoms with Crippen molar-refractivity contribution in [1.82, 2.24) is 4.90 Å². The lowest BCUT2D eigenvalue weighted by Gasteiger charge is -2.25. The van der Waals surface area contributed by atoms with Crippen LogP contribution >= 0.6 is 0 Å². The van der Waals surface area contributed by atoms with Gasteiger partial charge in [0, 0.05) is 6.54 Å². The van der Waals surface area contributed by atoms with Gasteiger partial charge in [-0.3, -0.25) is 9.59 Å². The Morgan fingerprint density at radius 1 is 1.33 bits per heavy atom. The van der Waals surface area contributed by atoms with Gasteiger partial charge in [-0.05, 0) is 5.41 Å². The van der Waals surface area contributed by atoms with Crippen molar-refractivity contribution in [2.75, 3.05) is 13.1 Å². The summed E-state index contributed by atoms with van der Waals surface area (Å²) in [5, 5.41) is 0. The lowest BCUT2D eigenvalue weighted by molar-refractivity contribution is -0.128. The Balaban J connectivity index is 2.54. The van der Waals surface area contributed by atoms with Gasteiger partial charge in [-0.2, -0.15) is 0 Å². The second-order valence-corrected chi connectivity index (χ2v) is 4.53. The maximum absolute atomic E-state index is 11.2. The fourth-order valence-electron chi connectivity index (χ4n) is 1.35. The fraction of sp³-hybridized carbons (Fsp3) is 0.778. The summed E-state index contributed by atoms with van der Waals surface area (Å²) in [6.45, 7) is 7.17. The Bertz CT molecular complexity index is 215. The molecule has 0 aromatic heterocycles. The highest BCUT2D eigenvalue weighted by Crippen LogP contribution is 2.18. The molecule has 0 atom stereocenters. The fourth-order valence-corrected chi connectivity index (χ4v) is 1.35. The van der Waals surface area contributed by atoms with Gasteiger partial charge in [-0.25, -0.2) is 0 Å². The molecule has 0 spiro atoms. The number of carbonyl (C=O) groups is 2. The van der Waals surface area contributed by atoms with Gasteiger partial charge in [0.2, 0.25) is 5.91 Å². The van der Waals surface area contributed by atoms with Crippen LogP contribution in [0.5, 0.6) is 0 Å². The molecule has 12 heavy (non-hydrogen) atoms. The number of likely N-dealkylation sites (tertiary alicyclic amines) is 1. The number of Topliss-reactive ketones (excluding diaryl/α,β-unsaturated/α-hetero) is 1. The number of rotatable bonds is 1. The topological polar surface area (TPSA) is 37.4 Å². The largest absolute Gasteiger partial charge is 0.334 e. The first-order valence-electron chi connectivity index (χ1n) is 4.18. The lowest BCUT2D eigenvalue weighted by Crippen LogP contribution is -2.33. The standard InChI is InChI=1S/C9H15NO2/c1-9(2,3)6-10-5-7(11)4-8(10)12/h4-6H2,1-3H3. The van der Waals surface area contributed by atoms with E-state index in [0.717, 1.165) is 0 Å². The monoisotopic (exact) mass is 169 g/mol. The number of ketones is 1. The van der Waals surface area contributed by atoms with Gasteiger partial charge < -0.3 is 4.90 Å². The SMILES string of the molecule is CC(C)(C)CN1CC(=O)CC1=O. The number of nitrogens with zero attached hydrogens (tertiary/aromatic N) is 1. The third-order valence-electron chi connectivity index (χ3n) is 1.73. The number of hydrogen-bond donors (Lipinski definition) is 0. The first-order chi connectivity index (χ1) is 5.38. The van der Waals surface area contributed by atoms with Crippen LogP contribution in [0.3, 0.4) is 0 Å². The van der Waals surface area contributed by atoms with E-state index in [0.29, 0.717) is 13.1 Å². The highest BCUT2D eigenvalue weighted by Gasteiger charge is 2.29. The molecule has 0 aliphatic carbocycles. The van der Waals surface area contributed by atoms with Gasteiger partial charge in [-0.15, -0.1) is 0 Å². The zero-order valence-corrected chi connectivity index (χ0v) is 7.89. The van der Waals surface area contributed by atoms with Crippen molar-refractivity contribution >= 4 is 11.7 Å². The molecule has 1 fully saturated rings. The van der Waals surface area contributed by atoms with E-state index >= 15 is 0 Å². The van der Waals surface area contributed by atoms with Crippen molar-refractivity contribution in [2.45, 2.75) is 27.2 Å². The Hall–Kier alpha value is -0.860. The molecular weight excluding hydrogens is 154 g/mol. The quantitative estimate of drug-likeness (QED) is 0.545. The van der Waals surface area contributed by atoms with Crippen LogP contribution < -0.4 is 0 Å². The molecule has 0 bridgehead atoms. The van der Waals surface area contributed by atoms with Gasteiger partial charge in [-0.1, -0.05) is 20.8 Å². The van der Waals surface area contributed by atoms with E-state index in [4.69, 9.17) is 0 Å². The summed E-state index contributed by atoms with van der Waals surface area (Å²) in [4.78, 5) is 23.7. The van der Waals surface area contributed by atoms with E-state index < -0.39 is 0 Å². The average Bonchev–Trinajstić information content (AvgIpc) is 2.06. The van der Waals surface area contributed by atoms with Crippen LogP contribution in [0.4, 0.5) is 0 Å². The van der Waals surface area contributed by atoms with E-state index in [1.807, 2.05) is 0 Å². The zero-order chi connectivity index (χ0) is 9.35. The summed E-state index contributed by atoms with van der Waals surface area (Å²) in [7, 11) is 0. The van der Waals surface area contributed by atoms with Crippen molar-refractivity contribution in [3.63, 3.8) is 0 Å². The van der Waals surface area contributed by atoms with Crippen molar-refractivity contribution in [3.05, 3.63) is 0 Å². The van der Waals surface area contributed by atoms with Crippen LogP contribution in [0.2, 0.25) is 0 Å². The molecule has 3 heteroatoms. The molecule has 1 amide bonds. The van der Waals surface area contributed by atoms with Crippen molar-refractivity contribution < 1.29 is 9.59 Å². The molecule has 0 saturated carbocycles. The van der Waals surface area contributed by atoms with Gasteiger partial charge >= 0.3 is 0 Å². The normalized spacial score (nSPS) is 19.1. The van der Waals surface area contributed by atoms with Gasteiger partial charge in [0.1, 0.15) is 0 Å². The molecule has 0 aromatic rings. The predicted octanol–water partition coefficient (Wildman–Crippen LogP) is 0.834. The van der Waals surface area contributed by atoms with Crippen molar-refractivity contribution in [2.24, 2.45) is 5.41 Å². The maximum atomic E-state index is 11.2. The number of carbonyl (C=O) groups excluding carboxylic acids is 2. The Morgan fingerprint density at radius 2 is 1.92 bits per heavy atom. The van der Waals surface area contributed by atoms with Crippen LogP contribution in [0, 0.1) is 5.41 Å². The minimum absolute atomic E-state index is 0.0186. The summed E-state index contributed by atoms with van der Waals surface area (Å²) in [5.74, 6) is 0.0270. The first kappa shape index (κ1) is 9.23. The van der Waals surface area contributed by atoms with E-state index in [9.17, 15) is 9.59 Å². The van der Waals surface area contributed by atoms with E-state index in [-0.39, 0.29) is 23.5 Å². The molecule has 1 rings (SSSR count). The third-order valence-corrected chi connectivity index (χ3v) is 1.73. The molecule has 1 aliphatic heterocycles. The van der Waals surface area contributed by atoms with Crippen LogP contribution in [-0.4, -0.2) is 29.7 Å². The van der Waals surface area contributed by atoms with Gasteiger partial charge in [0.25, 0.3) is 0 Å². The highest BCUT2D eigenvalue weighted by molar-refractivity contribution is 6.05. The summed E-state index contributed by atoms with van der Waals surface area (Å²) < 4.78 is 0. The summed E-state index contributed by atoms with van der Waals surface area (Å²) >= 11 is 0. The molecule has 0 aromatic carbocycles. The summed E-state index contributed by atoms with van der Waals surface area (Å²) in [6, 6.07) is 0. The van der Waals surface area contributed by atoms with Crippen molar-refractivity contribution in [3.8, 4) is 0 Å². The smallest absolute Gasteiger partial charge is 0.230 e. The first-order valence-corrected chi connectivity index (χ1v) is 4.18. The molecule has 0 N–H and O–H groups in total. The van der Waals surface area contributed by atoms with Gasteiger partial charge in [0.05, 0.1) is 13.0 Å². The second-order valence-electron chi connectivity index (χ2n) is 4.53. The second kappa shape index (κ2) is 2.88. The highest BCUT2D eigenvalue weighted by atomic mass is 16.2. The minimum atomic E-state index is -0.0186. The molecule has 1 saturated heterocycles. The minimum Gasteiger partial charge on any atom is -0.334 e. The number of hydrogen-bond acceptors (Lipinski definition) is 2. The number of amides is 1. The van der Waals surface area contributed by atoms with E-state index in [2.05, 4.69) is 20.8 Å². The molecular formula is C9H15NO2. The van der Waals surface area contributed by atoms with Crippen LogP contribution in [0.25, 0.3) is 0 Å². The van der Waals surface area contributed by atoms with Crippen LogP contribution in [0.1, 0.15) is 27.2 Å². The van der Waals surface area contributed by atoms with Gasteiger partial charge in [0.15, 0.2) is 5.78 Å². The summed E-state index contributed by atoms with van der Waals surface area (Å²) in [6.07, 6.45) is 0.107. The Kier molecular flexibility index (Phi) is 2.22. The maximum Gasteiger partial charge on any atom is 0.230 e. The zero-order valence-electron chi connectivity index (χ0n) is 7.89. The molecule has 0 radical (unpaired) electrons. The lowest BCUT2D eigenvalue weighted by atomic mass is 9.96. The van der Waals surface area contributed by atoms with Crippen LogP contribution in [-0.2, 0) is 9.59 Å².